The Kier molecular flexibility index (Phi) is 5.19. The highest BCUT2D eigenvalue weighted by atomic mass is 35.5. The Morgan fingerprint density at radius 1 is 1.67 bits per heavy atom. The normalized spacial score (nSPS) is 21.9. The van der Waals surface area contributed by atoms with Crippen molar-refractivity contribution in [3.8, 4) is 0 Å². The minimum absolute atomic E-state index is 0.0213. The summed E-state index contributed by atoms with van der Waals surface area (Å²) in [5.41, 5.74) is -0.0472. The Hall–Kier alpha value is -1.60. The van der Waals surface area contributed by atoms with Crippen molar-refractivity contribution in [2.24, 2.45) is 0 Å². The van der Waals surface area contributed by atoms with Crippen molar-refractivity contribution in [3.05, 3.63) is 21.6 Å². The highest BCUT2D eigenvalue weighted by Crippen LogP contribution is 2.21. The number of ether oxygens (including phenoxy) is 2. The molecule has 0 radical (unpaired) electrons. The van der Waals surface area contributed by atoms with Gasteiger partial charge in [0.15, 0.2) is 0 Å². The molecule has 1 aliphatic heterocycles. The van der Waals surface area contributed by atoms with Crippen molar-refractivity contribution in [2.75, 3.05) is 19.0 Å². The van der Waals surface area contributed by atoms with Crippen molar-refractivity contribution >= 4 is 23.3 Å². The third kappa shape index (κ3) is 3.95. The number of halogens is 1. The van der Waals surface area contributed by atoms with E-state index in [2.05, 4.69) is 15.2 Å². The zero-order chi connectivity index (χ0) is 15.4. The second-order valence-corrected chi connectivity index (χ2v) is 5.34. The standard InChI is InChI=1S/C13H18ClN3O4/c1-8-5-9(3-4-21-8)16-10-6-15-17(7-11(18)20-2)13(19)12(10)14/h6,8-9,16H,3-5,7H2,1-2H3. The van der Waals surface area contributed by atoms with E-state index in [1.807, 2.05) is 6.92 Å². The van der Waals surface area contributed by atoms with Gasteiger partial charge in [0, 0.05) is 12.6 Å². The lowest BCUT2D eigenvalue weighted by atomic mass is 10.0. The maximum Gasteiger partial charge on any atom is 0.327 e. The quantitative estimate of drug-likeness (QED) is 0.836. The van der Waals surface area contributed by atoms with Gasteiger partial charge in [-0.1, -0.05) is 11.6 Å². The van der Waals surface area contributed by atoms with Crippen molar-refractivity contribution in [3.63, 3.8) is 0 Å². The third-order valence-electron chi connectivity index (χ3n) is 3.34. The molecule has 1 saturated heterocycles. The molecule has 0 spiro atoms. The molecule has 0 aromatic carbocycles. The Bertz CT molecular complexity index is 575. The number of nitrogens with one attached hydrogen (secondary N) is 1. The first-order chi connectivity index (χ1) is 10.0. The molecule has 21 heavy (non-hydrogen) atoms. The molecule has 1 N–H and O–H groups in total. The number of anilines is 1. The van der Waals surface area contributed by atoms with E-state index in [0.717, 1.165) is 17.5 Å². The Morgan fingerprint density at radius 3 is 3.10 bits per heavy atom. The minimum Gasteiger partial charge on any atom is -0.468 e. The third-order valence-corrected chi connectivity index (χ3v) is 3.70. The first-order valence-corrected chi connectivity index (χ1v) is 7.09. The van der Waals surface area contributed by atoms with E-state index in [9.17, 15) is 9.59 Å². The fraction of sp³-hybridized carbons (Fsp3) is 0.615. The summed E-state index contributed by atoms with van der Waals surface area (Å²) in [7, 11) is 1.25. The monoisotopic (exact) mass is 315 g/mol. The molecular weight excluding hydrogens is 298 g/mol. The van der Waals surface area contributed by atoms with Gasteiger partial charge in [-0.3, -0.25) is 9.59 Å². The van der Waals surface area contributed by atoms with Crippen LogP contribution in [0.25, 0.3) is 0 Å². The molecule has 1 fully saturated rings. The zero-order valence-electron chi connectivity index (χ0n) is 12.0. The van der Waals surface area contributed by atoms with E-state index >= 15 is 0 Å². The Balaban J connectivity index is 2.13. The van der Waals surface area contributed by atoms with E-state index in [1.165, 1.54) is 13.3 Å². The lowest BCUT2D eigenvalue weighted by Gasteiger charge is -2.28. The van der Waals surface area contributed by atoms with Gasteiger partial charge in [0.05, 0.1) is 25.1 Å². The van der Waals surface area contributed by atoms with Crippen LogP contribution in [0.15, 0.2) is 11.0 Å². The van der Waals surface area contributed by atoms with E-state index in [-0.39, 0.29) is 23.7 Å². The van der Waals surface area contributed by atoms with Gasteiger partial charge in [0.2, 0.25) is 0 Å². The Morgan fingerprint density at radius 2 is 2.43 bits per heavy atom. The fourth-order valence-electron chi connectivity index (χ4n) is 2.21. The van der Waals surface area contributed by atoms with E-state index in [4.69, 9.17) is 16.3 Å². The summed E-state index contributed by atoms with van der Waals surface area (Å²) in [6.45, 7) is 2.41. The van der Waals surface area contributed by atoms with Crippen LogP contribution in [0.3, 0.4) is 0 Å². The molecular formula is C13H18ClN3O4. The summed E-state index contributed by atoms with van der Waals surface area (Å²) in [5.74, 6) is -0.556. The van der Waals surface area contributed by atoms with E-state index < -0.39 is 11.5 Å². The summed E-state index contributed by atoms with van der Waals surface area (Å²) < 4.78 is 10.9. The van der Waals surface area contributed by atoms with Crippen LogP contribution in [0.4, 0.5) is 5.69 Å². The van der Waals surface area contributed by atoms with Gasteiger partial charge in [-0.25, -0.2) is 4.68 Å². The lowest BCUT2D eigenvalue weighted by Crippen LogP contribution is -2.34. The van der Waals surface area contributed by atoms with Crippen molar-refractivity contribution in [1.82, 2.24) is 9.78 Å². The minimum atomic E-state index is -0.556. The molecule has 2 atom stereocenters. The van der Waals surface area contributed by atoms with Crippen molar-refractivity contribution in [1.29, 1.82) is 0 Å². The topological polar surface area (TPSA) is 82.5 Å². The fourth-order valence-corrected chi connectivity index (χ4v) is 2.42. The molecule has 0 saturated carbocycles. The van der Waals surface area contributed by atoms with Gasteiger partial charge in [0.1, 0.15) is 11.6 Å². The average molecular weight is 316 g/mol. The summed E-state index contributed by atoms with van der Waals surface area (Å²) in [5, 5.41) is 7.17. The summed E-state index contributed by atoms with van der Waals surface area (Å²) in [6, 6.07) is 0.184. The highest BCUT2D eigenvalue weighted by molar-refractivity contribution is 6.32. The number of carbonyl (C=O) groups excluding carboxylic acids is 1. The average Bonchev–Trinajstić information content (AvgIpc) is 2.47. The van der Waals surface area contributed by atoms with Crippen LogP contribution in [-0.4, -0.2) is 41.6 Å². The highest BCUT2D eigenvalue weighted by Gasteiger charge is 2.21. The molecule has 0 bridgehead atoms. The number of nitrogens with zero attached hydrogens (tertiary/aromatic N) is 2. The summed E-state index contributed by atoms with van der Waals surface area (Å²) in [4.78, 5) is 23.2. The molecule has 116 valence electrons. The second-order valence-electron chi connectivity index (χ2n) is 4.96. The van der Waals surface area contributed by atoms with Crippen LogP contribution < -0.4 is 10.9 Å². The number of aromatic nitrogens is 2. The van der Waals surface area contributed by atoms with Crippen LogP contribution in [0.5, 0.6) is 0 Å². The number of esters is 1. The Labute approximate surface area is 127 Å². The van der Waals surface area contributed by atoms with Gasteiger partial charge in [-0.15, -0.1) is 0 Å². The second kappa shape index (κ2) is 6.91. The molecule has 7 nitrogen and oxygen atoms in total. The number of methoxy groups -OCH3 is 1. The molecule has 8 heteroatoms. The predicted molar refractivity (Wildman–Crippen MR) is 77.6 cm³/mol. The van der Waals surface area contributed by atoms with Gasteiger partial charge in [-0.2, -0.15) is 5.10 Å². The van der Waals surface area contributed by atoms with E-state index in [0.29, 0.717) is 12.3 Å². The van der Waals surface area contributed by atoms with Crippen LogP contribution in [0, 0.1) is 0 Å². The molecule has 1 aromatic heterocycles. The van der Waals surface area contributed by atoms with E-state index in [1.54, 1.807) is 0 Å². The number of hydrogen-bond acceptors (Lipinski definition) is 6. The van der Waals surface area contributed by atoms with Crippen LogP contribution >= 0.6 is 11.6 Å². The van der Waals surface area contributed by atoms with Crippen LogP contribution in [0.2, 0.25) is 5.02 Å². The molecule has 2 rings (SSSR count). The summed E-state index contributed by atoms with van der Waals surface area (Å²) in [6.07, 6.45) is 3.29. The number of rotatable bonds is 4. The maximum atomic E-state index is 12.0. The zero-order valence-corrected chi connectivity index (χ0v) is 12.7. The lowest BCUT2D eigenvalue weighted by molar-refractivity contribution is -0.141. The van der Waals surface area contributed by atoms with Gasteiger partial charge in [-0.05, 0) is 19.8 Å². The summed E-state index contributed by atoms with van der Waals surface area (Å²) >= 11 is 6.06. The maximum absolute atomic E-state index is 12.0. The van der Waals surface area contributed by atoms with Crippen molar-refractivity contribution in [2.45, 2.75) is 38.5 Å². The van der Waals surface area contributed by atoms with Gasteiger partial charge < -0.3 is 14.8 Å². The van der Waals surface area contributed by atoms with Crippen LogP contribution in [0.1, 0.15) is 19.8 Å². The SMILES string of the molecule is COC(=O)Cn1ncc(NC2CCOC(C)C2)c(Cl)c1=O. The van der Waals surface area contributed by atoms with Gasteiger partial charge >= 0.3 is 5.97 Å². The van der Waals surface area contributed by atoms with Crippen molar-refractivity contribution < 1.29 is 14.3 Å². The first-order valence-electron chi connectivity index (χ1n) is 6.72. The molecule has 0 aliphatic carbocycles. The molecule has 2 heterocycles. The van der Waals surface area contributed by atoms with Gasteiger partial charge in [0.25, 0.3) is 5.56 Å². The molecule has 1 aromatic rings. The van der Waals surface area contributed by atoms with Crippen LogP contribution in [-0.2, 0) is 20.8 Å². The smallest absolute Gasteiger partial charge is 0.327 e. The molecule has 2 unspecified atom stereocenters. The largest absolute Gasteiger partial charge is 0.468 e. The number of hydrogen-bond donors (Lipinski definition) is 1. The molecule has 0 amide bonds. The molecule has 1 aliphatic rings. The number of carbonyl (C=O) groups is 1. The first kappa shape index (κ1) is 15.8. The predicted octanol–water partition coefficient (Wildman–Crippen LogP) is 1.05.